The van der Waals surface area contributed by atoms with E-state index in [0.717, 1.165) is 33.5 Å². The lowest BCUT2D eigenvalue weighted by atomic mass is 10.1. The molecular weight excluding hydrogens is 428 g/mol. The molecule has 0 saturated carbocycles. The van der Waals surface area contributed by atoms with Gasteiger partial charge >= 0.3 is 5.63 Å². The second kappa shape index (κ2) is 9.11. The highest BCUT2D eigenvalue weighted by Gasteiger charge is 2.15. The molecule has 0 saturated heterocycles. The molecule has 0 fully saturated rings. The Morgan fingerprint density at radius 3 is 2.09 bits per heavy atom. The quantitative estimate of drug-likeness (QED) is 0.352. The first-order valence-corrected chi connectivity index (χ1v) is 10.9. The summed E-state index contributed by atoms with van der Waals surface area (Å²) in [5, 5.41) is 0.764. The molecule has 3 aromatic carbocycles. The van der Waals surface area contributed by atoms with E-state index >= 15 is 0 Å². The molecule has 0 unspecified atom stereocenters. The Morgan fingerprint density at radius 2 is 1.47 bits per heavy atom. The average Bonchev–Trinajstić information content (AvgIpc) is 3.27. The van der Waals surface area contributed by atoms with Crippen LogP contribution in [-0.2, 0) is 4.79 Å². The standard InChI is InChI=1S/C28H22N2O4/c1-19-16-28(32)34-26-15-12-22(17-23(19)26)33-18-27(31)29-30-24(20-8-4-2-5-9-20)13-14-25(30)21-10-6-3-7-11-21/h2-17H,18H2,1H3,(H,29,31). The minimum Gasteiger partial charge on any atom is -0.484 e. The van der Waals surface area contributed by atoms with Crippen LogP contribution in [0.25, 0.3) is 33.5 Å². The van der Waals surface area contributed by atoms with Crippen LogP contribution in [0.3, 0.4) is 0 Å². The highest BCUT2D eigenvalue weighted by molar-refractivity contribution is 5.87. The molecule has 0 bridgehead atoms. The third-order valence-corrected chi connectivity index (χ3v) is 5.55. The number of hydrogen-bond acceptors (Lipinski definition) is 4. The Bertz CT molecular complexity index is 1460. The van der Waals surface area contributed by atoms with Gasteiger partial charge in [-0.1, -0.05) is 60.7 Å². The fraction of sp³-hybridized carbons (Fsp3) is 0.0714. The zero-order valence-corrected chi connectivity index (χ0v) is 18.5. The van der Waals surface area contributed by atoms with Crippen LogP contribution < -0.4 is 15.8 Å². The topological polar surface area (TPSA) is 73.5 Å². The molecule has 0 aliphatic heterocycles. The maximum absolute atomic E-state index is 12.9. The molecule has 0 aliphatic rings. The minimum atomic E-state index is -0.395. The summed E-state index contributed by atoms with van der Waals surface area (Å²) < 4.78 is 12.8. The summed E-state index contributed by atoms with van der Waals surface area (Å²) in [7, 11) is 0. The first kappa shape index (κ1) is 21.3. The molecule has 5 rings (SSSR count). The van der Waals surface area contributed by atoms with E-state index in [2.05, 4.69) is 5.43 Å². The average molecular weight is 450 g/mol. The smallest absolute Gasteiger partial charge is 0.336 e. The lowest BCUT2D eigenvalue weighted by Crippen LogP contribution is -2.28. The molecule has 168 valence electrons. The van der Waals surface area contributed by atoms with Crippen molar-refractivity contribution in [2.75, 3.05) is 12.0 Å². The van der Waals surface area contributed by atoms with Crippen molar-refractivity contribution < 1.29 is 13.9 Å². The first-order valence-electron chi connectivity index (χ1n) is 10.9. The Morgan fingerprint density at radius 1 is 0.853 bits per heavy atom. The first-order chi connectivity index (χ1) is 16.6. The van der Waals surface area contributed by atoms with Gasteiger partial charge in [-0.3, -0.25) is 14.9 Å². The molecule has 2 heterocycles. The van der Waals surface area contributed by atoms with Gasteiger partial charge in [0.2, 0.25) is 0 Å². The molecule has 34 heavy (non-hydrogen) atoms. The van der Waals surface area contributed by atoms with Gasteiger partial charge in [0, 0.05) is 22.6 Å². The fourth-order valence-corrected chi connectivity index (χ4v) is 3.92. The third-order valence-electron chi connectivity index (χ3n) is 5.55. The number of carbonyl (C=O) groups excluding carboxylic acids is 1. The van der Waals surface area contributed by atoms with Crippen molar-refractivity contribution in [1.29, 1.82) is 0 Å². The molecule has 0 spiro atoms. The molecule has 0 aliphatic carbocycles. The van der Waals surface area contributed by atoms with Crippen molar-refractivity contribution in [3.05, 3.63) is 113 Å². The number of benzene rings is 3. The van der Waals surface area contributed by atoms with Gasteiger partial charge in [-0.25, -0.2) is 4.79 Å². The summed E-state index contributed by atoms with van der Waals surface area (Å²) in [6.07, 6.45) is 0. The molecule has 2 aromatic heterocycles. The predicted octanol–water partition coefficient (Wildman–Crippen LogP) is 5.39. The number of fused-ring (bicyclic) bond motifs is 1. The number of nitrogens with zero attached hydrogens (tertiary/aromatic N) is 1. The van der Waals surface area contributed by atoms with Gasteiger partial charge in [0.05, 0.1) is 11.4 Å². The number of amides is 1. The van der Waals surface area contributed by atoms with Gasteiger partial charge in [0.1, 0.15) is 11.3 Å². The van der Waals surface area contributed by atoms with E-state index in [9.17, 15) is 9.59 Å². The summed E-state index contributed by atoms with van der Waals surface area (Å²) >= 11 is 0. The molecule has 0 radical (unpaired) electrons. The highest BCUT2D eigenvalue weighted by Crippen LogP contribution is 2.28. The number of aromatic nitrogens is 1. The van der Waals surface area contributed by atoms with Crippen molar-refractivity contribution in [3.8, 4) is 28.3 Å². The van der Waals surface area contributed by atoms with E-state index < -0.39 is 5.63 Å². The van der Waals surface area contributed by atoms with E-state index in [1.54, 1.807) is 22.9 Å². The Labute approximate surface area is 196 Å². The van der Waals surface area contributed by atoms with Crippen LogP contribution in [0.4, 0.5) is 0 Å². The summed E-state index contributed by atoms with van der Waals surface area (Å²) in [4.78, 5) is 24.5. The van der Waals surface area contributed by atoms with Gasteiger partial charge in [-0.15, -0.1) is 0 Å². The van der Waals surface area contributed by atoms with Gasteiger partial charge < -0.3 is 9.15 Å². The number of hydrogen-bond donors (Lipinski definition) is 1. The van der Waals surface area contributed by atoms with Crippen molar-refractivity contribution in [1.82, 2.24) is 4.68 Å². The van der Waals surface area contributed by atoms with Crippen LogP contribution in [0.15, 0.2) is 106 Å². The largest absolute Gasteiger partial charge is 0.484 e. The third kappa shape index (κ3) is 4.34. The van der Waals surface area contributed by atoms with Gasteiger partial charge in [-0.2, -0.15) is 0 Å². The van der Waals surface area contributed by atoms with Crippen LogP contribution in [0.1, 0.15) is 5.56 Å². The van der Waals surface area contributed by atoms with E-state index in [-0.39, 0.29) is 12.5 Å². The van der Waals surface area contributed by atoms with Crippen molar-refractivity contribution in [2.45, 2.75) is 6.92 Å². The Hall–Kier alpha value is -4.58. The zero-order chi connectivity index (χ0) is 23.5. The molecule has 0 atom stereocenters. The number of rotatable bonds is 6. The summed E-state index contributed by atoms with van der Waals surface area (Å²) in [5.41, 5.74) is 7.54. The molecule has 1 amide bonds. The highest BCUT2D eigenvalue weighted by atomic mass is 16.5. The molecule has 6 nitrogen and oxygen atoms in total. The Kier molecular flexibility index (Phi) is 5.70. The van der Waals surface area contributed by atoms with Crippen LogP contribution in [-0.4, -0.2) is 17.2 Å². The van der Waals surface area contributed by atoms with E-state index in [4.69, 9.17) is 9.15 Å². The molecule has 5 aromatic rings. The van der Waals surface area contributed by atoms with Crippen LogP contribution in [0, 0.1) is 6.92 Å². The molecule has 1 N–H and O–H groups in total. The monoisotopic (exact) mass is 450 g/mol. The molecular formula is C28H22N2O4. The van der Waals surface area contributed by atoms with Gasteiger partial charge in [0.15, 0.2) is 6.61 Å². The van der Waals surface area contributed by atoms with E-state index in [1.165, 1.54) is 6.07 Å². The van der Waals surface area contributed by atoms with Crippen molar-refractivity contribution in [2.24, 2.45) is 0 Å². The SMILES string of the molecule is Cc1cc(=O)oc2ccc(OCC(=O)Nn3c(-c4ccccc4)ccc3-c3ccccc3)cc12. The number of carbonyl (C=O) groups is 1. The van der Waals surface area contributed by atoms with Crippen LogP contribution in [0.5, 0.6) is 5.75 Å². The van der Waals surface area contributed by atoms with Crippen LogP contribution in [0.2, 0.25) is 0 Å². The van der Waals surface area contributed by atoms with Gasteiger partial charge in [-0.05, 0) is 42.8 Å². The maximum Gasteiger partial charge on any atom is 0.336 e. The number of nitrogens with one attached hydrogen (secondary N) is 1. The lowest BCUT2D eigenvalue weighted by Gasteiger charge is -2.16. The minimum absolute atomic E-state index is 0.179. The van der Waals surface area contributed by atoms with Crippen LogP contribution >= 0.6 is 0 Å². The lowest BCUT2D eigenvalue weighted by molar-refractivity contribution is -0.119. The summed E-state index contributed by atoms with van der Waals surface area (Å²) in [6, 6.07) is 30.3. The second-order valence-electron chi connectivity index (χ2n) is 7.90. The van der Waals surface area contributed by atoms with Crippen molar-refractivity contribution >= 4 is 16.9 Å². The number of ether oxygens (including phenoxy) is 1. The summed E-state index contributed by atoms with van der Waals surface area (Å²) in [5.74, 6) is 0.209. The normalized spacial score (nSPS) is 10.9. The number of aryl methyl sites for hydroxylation is 1. The summed E-state index contributed by atoms with van der Waals surface area (Å²) in [6.45, 7) is 1.65. The second-order valence-corrected chi connectivity index (χ2v) is 7.90. The van der Waals surface area contributed by atoms with E-state index in [0.29, 0.717) is 11.3 Å². The van der Waals surface area contributed by atoms with Gasteiger partial charge in [0.25, 0.3) is 5.91 Å². The molecule has 6 heteroatoms. The maximum atomic E-state index is 12.9. The van der Waals surface area contributed by atoms with Crippen molar-refractivity contribution in [3.63, 3.8) is 0 Å². The Balaban J connectivity index is 1.39. The van der Waals surface area contributed by atoms with E-state index in [1.807, 2.05) is 79.7 Å². The fourth-order valence-electron chi connectivity index (χ4n) is 3.92. The predicted molar refractivity (Wildman–Crippen MR) is 132 cm³/mol. The zero-order valence-electron chi connectivity index (χ0n) is 18.5.